The van der Waals surface area contributed by atoms with Gasteiger partial charge in [0.05, 0.1) is 13.2 Å². The van der Waals surface area contributed by atoms with E-state index in [1.807, 2.05) is 25.1 Å². The third-order valence-electron chi connectivity index (χ3n) is 4.43. The van der Waals surface area contributed by atoms with Crippen LogP contribution in [0.4, 0.5) is 0 Å². The quantitative estimate of drug-likeness (QED) is 0.833. The summed E-state index contributed by atoms with van der Waals surface area (Å²) in [6.07, 6.45) is 3.64. The number of ketones is 1. The molecular formula is C18H23NO2. The average molecular weight is 285 g/mol. The number of ether oxygens (including phenoxy) is 1. The maximum Gasteiger partial charge on any atom is 0.139 e. The Balaban J connectivity index is 1.37. The molecule has 1 aromatic carbocycles. The van der Waals surface area contributed by atoms with E-state index in [4.69, 9.17) is 4.74 Å². The molecule has 1 aliphatic heterocycles. The number of allylic oxidation sites excluding steroid dienone is 2. The second-order valence-corrected chi connectivity index (χ2v) is 6.24. The number of rotatable bonds is 5. The summed E-state index contributed by atoms with van der Waals surface area (Å²) < 4.78 is 5.80. The molecule has 112 valence electrons. The molecule has 21 heavy (non-hydrogen) atoms. The standard InChI is InChI=1S/C18H23NO2/c1-14-9-17(7-8-18(14)20)19-10-16(11-19)13-21-12-15-5-3-2-4-6-15/h2-7,14,16H,8-13H2,1H3. The maximum absolute atomic E-state index is 11.5. The largest absolute Gasteiger partial charge is 0.376 e. The van der Waals surface area contributed by atoms with E-state index in [-0.39, 0.29) is 5.92 Å². The van der Waals surface area contributed by atoms with Crippen molar-refractivity contribution >= 4 is 5.78 Å². The average Bonchev–Trinajstić information content (AvgIpc) is 2.46. The van der Waals surface area contributed by atoms with Gasteiger partial charge in [-0.1, -0.05) is 43.3 Å². The van der Waals surface area contributed by atoms with Crippen molar-refractivity contribution in [2.45, 2.75) is 26.4 Å². The predicted octanol–water partition coefficient (Wildman–Crippen LogP) is 3.02. The number of benzene rings is 1. The van der Waals surface area contributed by atoms with Crippen LogP contribution in [-0.2, 0) is 16.1 Å². The van der Waals surface area contributed by atoms with Crippen molar-refractivity contribution in [2.75, 3.05) is 19.7 Å². The molecule has 0 amide bonds. The van der Waals surface area contributed by atoms with Crippen molar-refractivity contribution in [1.82, 2.24) is 4.90 Å². The number of hydrogen-bond donors (Lipinski definition) is 0. The third kappa shape index (κ3) is 3.53. The van der Waals surface area contributed by atoms with Crippen LogP contribution < -0.4 is 0 Å². The monoisotopic (exact) mass is 285 g/mol. The summed E-state index contributed by atoms with van der Waals surface area (Å²) in [7, 11) is 0. The number of nitrogens with zero attached hydrogens (tertiary/aromatic N) is 1. The van der Waals surface area contributed by atoms with E-state index in [9.17, 15) is 4.79 Å². The Morgan fingerprint density at radius 3 is 2.71 bits per heavy atom. The highest BCUT2D eigenvalue weighted by atomic mass is 16.5. The molecule has 1 saturated heterocycles. The van der Waals surface area contributed by atoms with Gasteiger partial charge in [0.2, 0.25) is 0 Å². The van der Waals surface area contributed by atoms with Crippen molar-refractivity contribution in [2.24, 2.45) is 11.8 Å². The lowest BCUT2D eigenvalue weighted by Gasteiger charge is -2.43. The van der Waals surface area contributed by atoms with E-state index >= 15 is 0 Å². The SMILES string of the molecule is CC1CC(N2CC(COCc3ccccc3)C2)=CCC1=O. The minimum Gasteiger partial charge on any atom is -0.376 e. The fraction of sp³-hybridized carbons (Fsp3) is 0.500. The molecule has 0 spiro atoms. The van der Waals surface area contributed by atoms with Gasteiger partial charge in [-0.25, -0.2) is 0 Å². The summed E-state index contributed by atoms with van der Waals surface area (Å²) in [4.78, 5) is 13.9. The second kappa shape index (κ2) is 6.44. The van der Waals surface area contributed by atoms with Crippen LogP contribution >= 0.6 is 0 Å². The molecule has 3 nitrogen and oxygen atoms in total. The first-order chi connectivity index (χ1) is 10.2. The Kier molecular flexibility index (Phi) is 4.39. The van der Waals surface area contributed by atoms with Gasteiger partial charge in [-0.2, -0.15) is 0 Å². The van der Waals surface area contributed by atoms with Gasteiger partial charge in [0.1, 0.15) is 5.78 Å². The molecule has 0 bridgehead atoms. The van der Waals surface area contributed by atoms with Gasteiger partial charge in [0, 0.05) is 37.0 Å². The van der Waals surface area contributed by atoms with Crippen LogP contribution in [0, 0.1) is 11.8 Å². The maximum atomic E-state index is 11.5. The zero-order valence-corrected chi connectivity index (χ0v) is 12.6. The Labute approximate surface area is 126 Å². The Morgan fingerprint density at radius 1 is 1.24 bits per heavy atom. The number of hydrogen-bond acceptors (Lipinski definition) is 3. The van der Waals surface area contributed by atoms with Crippen molar-refractivity contribution < 1.29 is 9.53 Å². The normalized spacial score (nSPS) is 22.9. The van der Waals surface area contributed by atoms with Crippen LogP contribution in [0.2, 0.25) is 0 Å². The molecule has 2 aliphatic rings. The van der Waals surface area contributed by atoms with Gasteiger partial charge in [-0.15, -0.1) is 0 Å². The number of carbonyl (C=O) groups is 1. The molecule has 1 heterocycles. The van der Waals surface area contributed by atoms with Crippen molar-refractivity contribution in [3.63, 3.8) is 0 Å². The van der Waals surface area contributed by atoms with Gasteiger partial charge in [0.25, 0.3) is 0 Å². The van der Waals surface area contributed by atoms with E-state index in [1.54, 1.807) is 0 Å². The van der Waals surface area contributed by atoms with Gasteiger partial charge >= 0.3 is 0 Å². The van der Waals surface area contributed by atoms with E-state index in [0.29, 0.717) is 24.7 Å². The molecule has 1 unspecified atom stereocenters. The van der Waals surface area contributed by atoms with Crippen molar-refractivity contribution in [3.05, 3.63) is 47.7 Å². The Bertz CT molecular complexity index is 517. The second-order valence-electron chi connectivity index (χ2n) is 6.24. The van der Waals surface area contributed by atoms with Gasteiger partial charge < -0.3 is 9.64 Å². The lowest BCUT2D eigenvalue weighted by Crippen LogP contribution is -2.48. The molecule has 1 aliphatic carbocycles. The van der Waals surface area contributed by atoms with E-state index < -0.39 is 0 Å². The first kappa shape index (κ1) is 14.3. The summed E-state index contributed by atoms with van der Waals surface area (Å²) in [6, 6.07) is 10.3. The number of carbonyl (C=O) groups excluding carboxylic acids is 1. The zero-order valence-electron chi connectivity index (χ0n) is 12.6. The van der Waals surface area contributed by atoms with Crippen molar-refractivity contribution in [1.29, 1.82) is 0 Å². The van der Waals surface area contributed by atoms with E-state index in [1.165, 1.54) is 11.3 Å². The van der Waals surface area contributed by atoms with Crippen LogP contribution in [0.25, 0.3) is 0 Å². The highest BCUT2D eigenvalue weighted by Gasteiger charge is 2.31. The highest BCUT2D eigenvalue weighted by molar-refractivity contribution is 5.83. The van der Waals surface area contributed by atoms with Crippen LogP contribution in [-0.4, -0.2) is 30.4 Å². The van der Waals surface area contributed by atoms with Gasteiger partial charge in [-0.05, 0) is 12.0 Å². The summed E-state index contributed by atoms with van der Waals surface area (Å²) >= 11 is 0. The number of Topliss-reactive ketones (excluding diaryl/α,β-unsaturated/α-hetero) is 1. The molecule has 0 aromatic heterocycles. The molecule has 3 rings (SSSR count). The summed E-state index contributed by atoms with van der Waals surface area (Å²) in [5.41, 5.74) is 2.59. The Morgan fingerprint density at radius 2 is 2.00 bits per heavy atom. The first-order valence-corrected chi connectivity index (χ1v) is 7.80. The number of likely N-dealkylation sites (tertiary alicyclic amines) is 1. The summed E-state index contributed by atoms with van der Waals surface area (Å²) in [5, 5.41) is 0. The summed E-state index contributed by atoms with van der Waals surface area (Å²) in [5.74, 6) is 1.20. The van der Waals surface area contributed by atoms with E-state index in [0.717, 1.165) is 26.1 Å². The third-order valence-corrected chi connectivity index (χ3v) is 4.43. The van der Waals surface area contributed by atoms with Crippen molar-refractivity contribution in [3.8, 4) is 0 Å². The first-order valence-electron chi connectivity index (χ1n) is 7.80. The lowest BCUT2D eigenvalue weighted by atomic mass is 9.89. The molecular weight excluding hydrogens is 262 g/mol. The zero-order chi connectivity index (χ0) is 14.7. The van der Waals surface area contributed by atoms with E-state index in [2.05, 4.69) is 23.1 Å². The molecule has 0 N–H and O–H groups in total. The predicted molar refractivity (Wildman–Crippen MR) is 82.6 cm³/mol. The molecule has 0 saturated carbocycles. The molecule has 1 fully saturated rings. The minimum atomic E-state index is 0.193. The smallest absolute Gasteiger partial charge is 0.139 e. The summed E-state index contributed by atoms with van der Waals surface area (Å²) in [6.45, 7) is 5.71. The van der Waals surface area contributed by atoms with Gasteiger partial charge in [-0.3, -0.25) is 4.79 Å². The fourth-order valence-electron chi connectivity index (χ4n) is 3.02. The fourth-order valence-corrected chi connectivity index (χ4v) is 3.02. The highest BCUT2D eigenvalue weighted by Crippen LogP contribution is 2.29. The minimum absolute atomic E-state index is 0.193. The Hall–Kier alpha value is -1.61. The lowest BCUT2D eigenvalue weighted by molar-refractivity contribution is -0.122. The van der Waals surface area contributed by atoms with Gasteiger partial charge in [0.15, 0.2) is 0 Å². The van der Waals surface area contributed by atoms with Crippen LogP contribution in [0.15, 0.2) is 42.1 Å². The van der Waals surface area contributed by atoms with Crippen LogP contribution in [0.3, 0.4) is 0 Å². The molecule has 1 aromatic rings. The molecule has 3 heteroatoms. The molecule has 1 atom stereocenters. The van der Waals surface area contributed by atoms with Crippen LogP contribution in [0.5, 0.6) is 0 Å². The van der Waals surface area contributed by atoms with Crippen LogP contribution in [0.1, 0.15) is 25.3 Å². The molecule has 0 radical (unpaired) electrons. The topological polar surface area (TPSA) is 29.5 Å².